The largest absolute Gasteiger partial charge is 0.489 e. The summed E-state index contributed by atoms with van der Waals surface area (Å²) in [6, 6.07) is 25.5. The van der Waals surface area contributed by atoms with Gasteiger partial charge in [-0.2, -0.15) is 5.06 Å². The van der Waals surface area contributed by atoms with E-state index in [0.29, 0.717) is 25.0 Å². The fourth-order valence-corrected chi connectivity index (χ4v) is 4.76. The Morgan fingerprint density at radius 2 is 1.38 bits per heavy atom. The fourth-order valence-electron chi connectivity index (χ4n) is 4.76. The van der Waals surface area contributed by atoms with Gasteiger partial charge in [0, 0.05) is 23.9 Å². The maximum Gasteiger partial charge on any atom is 0.338 e. The molecule has 1 fully saturated rings. The summed E-state index contributed by atoms with van der Waals surface area (Å²) in [5.41, 5.74) is 2.78. The van der Waals surface area contributed by atoms with Gasteiger partial charge >= 0.3 is 5.97 Å². The van der Waals surface area contributed by atoms with E-state index in [2.05, 4.69) is 0 Å². The third-order valence-electron chi connectivity index (χ3n) is 6.43. The molecule has 1 heterocycles. The van der Waals surface area contributed by atoms with Gasteiger partial charge in [-0.25, -0.2) is 4.79 Å². The lowest BCUT2D eigenvalue weighted by Crippen LogP contribution is -2.60. The van der Waals surface area contributed by atoms with Crippen molar-refractivity contribution < 1.29 is 19.5 Å². The van der Waals surface area contributed by atoms with E-state index in [4.69, 9.17) is 9.47 Å². The zero-order chi connectivity index (χ0) is 24.3. The Bertz CT molecular complexity index is 1090. The molecule has 1 aliphatic rings. The number of rotatable bonds is 6. The average Bonchev–Trinajstić information content (AvgIpc) is 2.82. The van der Waals surface area contributed by atoms with Crippen LogP contribution in [-0.2, 0) is 11.3 Å². The highest BCUT2D eigenvalue weighted by Gasteiger charge is 2.46. The molecule has 34 heavy (non-hydrogen) atoms. The minimum atomic E-state index is -0.465. The monoisotopic (exact) mass is 459 g/mol. The van der Waals surface area contributed by atoms with Gasteiger partial charge in [0.05, 0.1) is 5.56 Å². The van der Waals surface area contributed by atoms with E-state index in [1.54, 1.807) is 12.1 Å². The molecular weight excluding hydrogens is 426 g/mol. The average molecular weight is 460 g/mol. The van der Waals surface area contributed by atoms with Crippen molar-refractivity contribution in [1.29, 1.82) is 0 Å². The first-order valence-electron chi connectivity index (χ1n) is 11.7. The number of hydrogen-bond donors (Lipinski definition) is 1. The van der Waals surface area contributed by atoms with E-state index in [1.165, 1.54) is 5.06 Å². The lowest BCUT2D eigenvalue weighted by atomic mass is 9.80. The van der Waals surface area contributed by atoms with Crippen LogP contribution in [0.2, 0.25) is 0 Å². The number of benzene rings is 3. The number of hydroxylamine groups is 2. The molecule has 1 aliphatic heterocycles. The second-order valence-corrected chi connectivity index (χ2v) is 10.2. The lowest BCUT2D eigenvalue weighted by molar-refractivity contribution is -0.256. The molecule has 5 heteroatoms. The zero-order valence-electron chi connectivity index (χ0n) is 20.3. The van der Waals surface area contributed by atoms with Crippen molar-refractivity contribution in [1.82, 2.24) is 5.06 Å². The fraction of sp³-hybridized carbons (Fsp3) is 0.345. The number of piperidine rings is 1. The Morgan fingerprint density at radius 1 is 0.853 bits per heavy atom. The normalized spacial score (nSPS) is 17.8. The number of nitrogens with zero attached hydrogens (tertiary/aromatic N) is 1. The summed E-state index contributed by atoms with van der Waals surface area (Å²) in [4.78, 5) is 12.8. The molecule has 0 unspecified atom stereocenters. The van der Waals surface area contributed by atoms with Crippen LogP contribution in [0.5, 0.6) is 5.75 Å². The van der Waals surface area contributed by atoms with Crippen molar-refractivity contribution in [3.05, 3.63) is 90.0 Å². The van der Waals surface area contributed by atoms with Gasteiger partial charge in [0.2, 0.25) is 0 Å². The molecule has 0 aliphatic carbocycles. The Kier molecular flexibility index (Phi) is 6.78. The summed E-state index contributed by atoms with van der Waals surface area (Å²) < 4.78 is 11.7. The molecule has 4 rings (SSSR count). The second kappa shape index (κ2) is 9.61. The van der Waals surface area contributed by atoms with Crippen molar-refractivity contribution in [2.45, 2.75) is 64.3 Å². The van der Waals surface area contributed by atoms with Crippen LogP contribution in [0, 0.1) is 0 Å². The van der Waals surface area contributed by atoms with E-state index >= 15 is 0 Å². The van der Waals surface area contributed by atoms with E-state index in [9.17, 15) is 10.0 Å². The third kappa shape index (κ3) is 5.49. The molecule has 0 saturated carbocycles. The SMILES string of the molecule is CC1(C)CC(OC(=O)c2ccc(-c3ccc(OCc4ccccc4)cc3)cc2)CC(C)(C)N1O. The van der Waals surface area contributed by atoms with Crippen LogP contribution in [0.25, 0.3) is 11.1 Å². The van der Waals surface area contributed by atoms with Crippen molar-refractivity contribution in [3.63, 3.8) is 0 Å². The lowest BCUT2D eigenvalue weighted by Gasteiger charge is -2.50. The Hall–Kier alpha value is -3.15. The summed E-state index contributed by atoms with van der Waals surface area (Å²) in [6.45, 7) is 8.37. The van der Waals surface area contributed by atoms with Crippen LogP contribution in [-0.4, -0.2) is 33.4 Å². The van der Waals surface area contributed by atoms with Crippen molar-refractivity contribution in [2.24, 2.45) is 0 Å². The van der Waals surface area contributed by atoms with Crippen molar-refractivity contribution in [2.75, 3.05) is 0 Å². The van der Waals surface area contributed by atoms with Gasteiger partial charge in [-0.05, 0) is 68.7 Å². The smallest absolute Gasteiger partial charge is 0.338 e. The number of esters is 1. The maximum atomic E-state index is 12.8. The topological polar surface area (TPSA) is 59.0 Å². The molecule has 0 radical (unpaired) electrons. The maximum absolute atomic E-state index is 12.8. The van der Waals surface area contributed by atoms with Crippen LogP contribution >= 0.6 is 0 Å². The van der Waals surface area contributed by atoms with Gasteiger partial charge in [0.25, 0.3) is 0 Å². The molecule has 0 atom stereocenters. The van der Waals surface area contributed by atoms with E-state index < -0.39 is 11.1 Å². The summed E-state index contributed by atoms with van der Waals surface area (Å²) in [5, 5.41) is 11.8. The van der Waals surface area contributed by atoms with Crippen LogP contribution in [0.1, 0.15) is 56.5 Å². The van der Waals surface area contributed by atoms with Crippen molar-refractivity contribution in [3.8, 4) is 16.9 Å². The first-order valence-corrected chi connectivity index (χ1v) is 11.7. The van der Waals surface area contributed by atoms with Crippen LogP contribution in [0.3, 0.4) is 0 Å². The summed E-state index contributed by atoms with van der Waals surface area (Å²) >= 11 is 0. The minimum Gasteiger partial charge on any atom is -0.489 e. The van der Waals surface area contributed by atoms with Crippen LogP contribution in [0.15, 0.2) is 78.9 Å². The predicted molar refractivity (Wildman–Crippen MR) is 133 cm³/mol. The summed E-state index contributed by atoms with van der Waals surface area (Å²) in [7, 11) is 0. The summed E-state index contributed by atoms with van der Waals surface area (Å²) in [6.07, 6.45) is 0.911. The van der Waals surface area contributed by atoms with Gasteiger partial charge in [-0.1, -0.05) is 54.6 Å². The number of carbonyl (C=O) groups excluding carboxylic acids is 1. The molecule has 3 aromatic carbocycles. The number of ether oxygens (including phenoxy) is 2. The Balaban J connectivity index is 1.36. The standard InChI is InChI=1S/C29H33NO4/c1-28(2)18-26(19-29(3,4)30(28)32)34-27(31)24-12-10-22(11-13-24)23-14-16-25(17-15-23)33-20-21-8-6-5-7-9-21/h5-17,26,32H,18-20H2,1-4H3. The highest BCUT2D eigenvalue weighted by atomic mass is 16.5. The van der Waals surface area contributed by atoms with Gasteiger partial charge in [-0.15, -0.1) is 0 Å². The molecule has 1 N–H and O–H groups in total. The molecule has 0 spiro atoms. The summed E-state index contributed by atoms with van der Waals surface area (Å²) in [5.74, 6) is 0.478. The number of carbonyl (C=O) groups is 1. The molecule has 5 nitrogen and oxygen atoms in total. The second-order valence-electron chi connectivity index (χ2n) is 10.2. The Morgan fingerprint density at radius 3 is 1.94 bits per heavy atom. The van der Waals surface area contributed by atoms with E-state index in [0.717, 1.165) is 22.4 Å². The number of hydrogen-bond acceptors (Lipinski definition) is 5. The van der Waals surface area contributed by atoms with Gasteiger partial charge in [-0.3, -0.25) is 0 Å². The van der Waals surface area contributed by atoms with Crippen molar-refractivity contribution >= 4 is 5.97 Å². The first kappa shape index (κ1) is 24.0. The van der Waals surface area contributed by atoms with Gasteiger partial charge < -0.3 is 14.7 Å². The Labute approximate surface area is 201 Å². The first-order chi connectivity index (χ1) is 16.1. The molecule has 1 saturated heterocycles. The van der Waals surface area contributed by atoms with Gasteiger partial charge in [0.1, 0.15) is 18.5 Å². The molecule has 0 bridgehead atoms. The zero-order valence-corrected chi connectivity index (χ0v) is 20.3. The quantitative estimate of drug-likeness (QED) is 0.426. The van der Waals surface area contributed by atoms with E-state index in [-0.39, 0.29) is 12.1 Å². The highest BCUT2D eigenvalue weighted by molar-refractivity contribution is 5.90. The van der Waals surface area contributed by atoms with E-state index in [1.807, 2.05) is 94.4 Å². The molecule has 0 amide bonds. The van der Waals surface area contributed by atoms with Crippen LogP contribution in [0.4, 0.5) is 0 Å². The minimum absolute atomic E-state index is 0.246. The highest BCUT2D eigenvalue weighted by Crippen LogP contribution is 2.38. The molecule has 3 aromatic rings. The van der Waals surface area contributed by atoms with Gasteiger partial charge in [0.15, 0.2) is 0 Å². The molecule has 0 aromatic heterocycles. The molecular formula is C29H33NO4. The predicted octanol–water partition coefficient (Wildman–Crippen LogP) is 6.50. The van der Waals surface area contributed by atoms with Crippen LogP contribution < -0.4 is 4.74 Å². The molecule has 178 valence electrons. The third-order valence-corrected chi connectivity index (χ3v) is 6.43.